The van der Waals surface area contributed by atoms with E-state index in [9.17, 15) is 4.79 Å². The largest absolute Gasteiger partial charge is 0.376 e. The molecule has 0 spiro atoms. The number of amides is 1. The zero-order valence-electron chi connectivity index (χ0n) is 12.9. The van der Waals surface area contributed by atoms with Crippen molar-refractivity contribution in [2.45, 2.75) is 46.3 Å². The van der Waals surface area contributed by atoms with E-state index in [1.807, 2.05) is 15.8 Å². The number of rotatable bonds is 3. The van der Waals surface area contributed by atoms with Gasteiger partial charge in [0.2, 0.25) is 0 Å². The third-order valence-electron chi connectivity index (χ3n) is 3.69. The Hall–Kier alpha value is -1.36. The van der Waals surface area contributed by atoms with Crippen LogP contribution in [0.2, 0.25) is 0 Å². The van der Waals surface area contributed by atoms with Gasteiger partial charge in [0.25, 0.3) is 5.91 Å². The summed E-state index contributed by atoms with van der Waals surface area (Å²) < 4.78 is 7.63. The van der Waals surface area contributed by atoms with E-state index in [0.29, 0.717) is 18.2 Å². The van der Waals surface area contributed by atoms with Crippen molar-refractivity contribution in [3.8, 4) is 0 Å². The first-order valence-corrected chi connectivity index (χ1v) is 7.45. The number of carbonyl (C=O) groups excluding carboxylic acids is 1. The fourth-order valence-electron chi connectivity index (χ4n) is 2.34. The fraction of sp³-hybridized carbons (Fsp3) is 0.733. The summed E-state index contributed by atoms with van der Waals surface area (Å²) in [5.74, 6) is 0.428. The Bertz CT molecular complexity index is 454. The van der Waals surface area contributed by atoms with Crippen molar-refractivity contribution in [2.24, 2.45) is 5.92 Å². The molecule has 2 rings (SSSR count). The molecular weight excluding hydrogens is 254 g/mol. The lowest BCUT2D eigenvalue weighted by Gasteiger charge is -2.25. The molecule has 1 aromatic rings. The van der Waals surface area contributed by atoms with Gasteiger partial charge in [0.05, 0.1) is 6.10 Å². The van der Waals surface area contributed by atoms with Gasteiger partial charge in [-0.2, -0.15) is 5.10 Å². The molecule has 0 bridgehead atoms. The van der Waals surface area contributed by atoms with Crippen molar-refractivity contribution in [1.29, 1.82) is 0 Å². The monoisotopic (exact) mass is 279 g/mol. The average molecular weight is 279 g/mol. The molecule has 0 aromatic carbocycles. The van der Waals surface area contributed by atoms with Gasteiger partial charge < -0.3 is 9.64 Å². The summed E-state index contributed by atoms with van der Waals surface area (Å²) >= 11 is 0. The lowest BCUT2D eigenvalue weighted by atomic mass is 10.1. The summed E-state index contributed by atoms with van der Waals surface area (Å²) in [5, 5.41) is 4.37. The van der Waals surface area contributed by atoms with Gasteiger partial charge >= 0.3 is 0 Å². The number of hydrogen-bond donors (Lipinski definition) is 0. The zero-order chi connectivity index (χ0) is 14.7. The van der Waals surface area contributed by atoms with Crippen LogP contribution in [0.1, 0.15) is 50.6 Å². The van der Waals surface area contributed by atoms with Crippen molar-refractivity contribution < 1.29 is 9.53 Å². The van der Waals surface area contributed by atoms with Crippen molar-refractivity contribution in [3.63, 3.8) is 0 Å². The maximum Gasteiger partial charge on any atom is 0.274 e. The molecule has 2 heterocycles. The Morgan fingerprint density at radius 2 is 2.15 bits per heavy atom. The quantitative estimate of drug-likeness (QED) is 0.853. The minimum Gasteiger partial charge on any atom is -0.376 e. The molecule has 5 heteroatoms. The minimum absolute atomic E-state index is 0.0144. The van der Waals surface area contributed by atoms with Crippen LogP contribution in [0.25, 0.3) is 0 Å². The lowest BCUT2D eigenvalue weighted by molar-refractivity contribution is 0.0220. The third-order valence-corrected chi connectivity index (χ3v) is 3.69. The molecule has 5 nitrogen and oxygen atoms in total. The van der Waals surface area contributed by atoms with E-state index in [0.717, 1.165) is 19.6 Å². The first-order valence-electron chi connectivity index (χ1n) is 7.45. The van der Waals surface area contributed by atoms with Gasteiger partial charge in [-0.1, -0.05) is 13.8 Å². The summed E-state index contributed by atoms with van der Waals surface area (Å²) in [6, 6.07) is 2.07. The maximum absolute atomic E-state index is 12.6. The van der Waals surface area contributed by atoms with Gasteiger partial charge in [-0.25, -0.2) is 0 Å². The topological polar surface area (TPSA) is 47.4 Å². The van der Waals surface area contributed by atoms with Crippen LogP contribution in [0.15, 0.2) is 12.3 Å². The van der Waals surface area contributed by atoms with E-state index in [-0.39, 0.29) is 18.1 Å². The Balaban J connectivity index is 2.09. The normalized spacial score (nSPS) is 20.5. The highest BCUT2D eigenvalue weighted by Gasteiger charge is 2.26. The van der Waals surface area contributed by atoms with Crippen LogP contribution in [0, 0.1) is 5.92 Å². The Labute approximate surface area is 120 Å². The van der Waals surface area contributed by atoms with Crippen LogP contribution in [0.4, 0.5) is 0 Å². The predicted molar refractivity (Wildman–Crippen MR) is 77.7 cm³/mol. The minimum atomic E-state index is 0.0144. The molecule has 1 aliphatic rings. The van der Waals surface area contributed by atoms with Crippen molar-refractivity contribution in [2.75, 3.05) is 19.7 Å². The highest BCUT2D eigenvalue weighted by Crippen LogP contribution is 2.16. The molecular formula is C15H25N3O2. The van der Waals surface area contributed by atoms with Crippen LogP contribution < -0.4 is 0 Å². The first-order chi connectivity index (χ1) is 9.49. The van der Waals surface area contributed by atoms with Crippen LogP contribution in [0.5, 0.6) is 0 Å². The summed E-state index contributed by atoms with van der Waals surface area (Å²) in [6.45, 7) is 10.5. The molecule has 20 heavy (non-hydrogen) atoms. The molecule has 112 valence electrons. The number of ether oxygens (including phenoxy) is 1. The fourth-order valence-corrected chi connectivity index (χ4v) is 2.34. The molecule has 1 saturated heterocycles. The number of hydrogen-bond acceptors (Lipinski definition) is 3. The highest BCUT2D eigenvalue weighted by atomic mass is 16.5. The summed E-state index contributed by atoms with van der Waals surface area (Å²) in [6.07, 6.45) is 2.88. The third kappa shape index (κ3) is 3.39. The van der Waals surface area contributed by atoms with Gasteiger partial charge in [0.15, 0.2) is 0 Å². The highest BCUT2D eigenvalue weighted by molar-refractivity contribution is 5.92. The summed E-state index contributed by atoms with van der Waals surface area (Å²) in [7, 11) is 0. The van der Waals surface area contributed by atoms with E-state index in [1.54, 1.807) is 6.07 Å². The average Bonchev–Trinajstić information content (AvgIpc) is 2.76. The standard InChI is InChI=1S/C15H25N3O2/c1-11(2)14-10-17(7-5-9-20-14)15(19)13-6-8-18(16-13)12(3)4/h6,8,11-12,14H,5,7,9-10H2,1-4H3/t14-/m1/s1. The smallest absolute Gasteiger partial charge is 0.274 e. The molecule has 1 fully saturated rings. The molecule has 1 aliphatic heterocycles. The van der Waals surface area contributed by atoms with E-state index in [4.69, 9.17) is 4.74 Å². The van der Waals surface area contributed by atoms with E-state index < -0.39 is 0 Å². The van der Waals surface area contributed by atoms with Gasteiger partial charge in [-0.3, -0.25) is 9.48 Å². The Kier molecular flexibility index (Phi) is 4.81. The molecule has 0 saturated carbocycles. The van der Waals surface area contributed by atoms with Crippen molar-refractivity contribution in [3.05, 3.63) is 18.0 Å². The molecule has 1 aromatic heterocycles. The molecule has 0 unspecified atom stereocenters. The van der Waals surface area contributed by atoms with Crippen LogP contribution in [-0.2, 0) is 4.74 Å². The number of aromatic nitrogens is 2. The van der Waals surface area contributed by atoms with Crippen LogP contribution in [0.3, 0.4) is 0 Å². The van der Waals surface area contributed by atoms with E-state index in [1.165, 1.54) is 0 Å². The summed E-state index contributed by atoms with van der Waals surface area (Å²) in [5.41, 5.74) is 0.531. The number of carbonyl (C=O) groups is 1. The van der Waals surface area contributed by atoms with E-state index in [2.05, 4.69) is 32.8 Å². The van der Waals surface area contributed by atoms with Gasteiger partial charge in [-0.15, -0.1) is 0 Å². The number of nitrogens with zero attached hydrogens (tertiary/aromatic N) is 3. The van der Waals surface area contributed by atoms with Crippen molar-refractivity contribution >= 4 is 5.91 Å². The maximum atomic E-state index is 12.6. The van der Waals surface area contributed by atoms with E-state index >= 15 is 0 Å². The molecule has 1 atom stereocenters. The molecule has 0 N–H and O–H groups in total. The van der Waals surface area contributed by atoms with Gasteiger partial charge in [-0.05, 0) is 32.3 Å². The second-order valence-electron chi connectivity index (χ2n) is 6.03. The SMILES string of the molecule is CC(C)[C@H]1CN(C(=O)c2ccn(C(C)C)n2)CCCO1. The summed E-state index contributed by atoms with van der Waals surface area (Å²) in [4.78, 5) is 14.4. The van der Waals surface area contributed by atoms with Gasteiger partial charge in [0, 0.05) is 31.9 Å². The molecule has 0 radical (unpaired) electrons. The molecule has 1 amide bonds. The predicted octanol–water partition coefficient (Wildman–Crippen LogP) is 2.35. The van der Waals surface area contributed by atoms with Crippen LogP contribution in [-0.4, -0.2) is 46.4 Å². The van der Waals surface area contributed by atoms with Crippen molar-refractivity contribution in [1.82, 2.24) is 14.7 Å². The van der Waals surface area contributed by atoms with Gasteiger partial charge in [0.1, 0.15) is 5.69 Å². The zero-order valence-corrected chi connectivity index (χ0v) is 12.9. The second-order valence-corrected chi connectivity index (χ2v) is 6.03. The Morgan fingerprint density at radius 3 is 2.75 bits per heavy atom. The second kappa shape index (κ2) is 6.39. The first kappa shape index (κ1) is 15.0. The Morgan fingerprint density at radius 1 is 1.40 bits per heavy atom. The van der Waals surface area contributed by atoms with Crippen LogP contribution >= 0.6 is 0 Å². The molecule has 0 aliphatic carbocycles. The lowest BCUT2D eigenvalue weighted by Crippen LogP contribution is -2.39.